The van der Waals surface area contributed by atoms with Crippen LogP contribution in [-0.4, -0.2) is 23.1 Å². The molecule has 0 aliphatic rings. The first kappa shape index (κ1) is 14.7. The molecule has 0 bridgehead atoms. The van der Waals surface area contributed by atoms with Crippen LogP contribution in [0.5, 0.6) is 0 Å². The van der Waals surface area contributed by atoms with E-state index in [1.165, 1.54) is 6.92 Å². The van der Waals surface area contributed by atoms with E-state index in [9.17, 15) is 19.2 Å². The Morgan fingerprint density at radius 2 is 1.50 bits per heavy atom. The van der Waals surface area contributed by atoms with Gasteiger partial charge in [-0.15, -0.1) is 0 Å². The summed E-state index contributed by atoms with van der Waals surface area (Å²) in [5, 5.41) is 0. The lowest BCUT2D eigenvalue weighted by atomic mass is 10.0. The summed E-state index contributed by atoms with van der Waals surface area (Å²) in [6, 6.07) is 0. The van der Waals surface area contributed by atoms with Crippen molar-refractivity contribution in [2.24, 2.45) is 0 Å². The van der Waals surface area contributed by atoms with E-state index >= 15 is 0 Å². The standard InChI is InChI=1S/C12H18O4/c1-3-5-11(15)12(16)8-10(14)7-4-6-9(2)13/h3-8H2,1-2H3. The molecule has 4 heteroatoms. The number of carbonyl (C=O) groups excluding carboxylic acids is 4. The third-order valence-electron chi connectivity index (χ3n) is 2.13. The molecule has 0 radical (unpaired) electrons. The van der Waals surface area contributed by atoms with Crippen molar-refractivity contribution < 1.29 is 19.2 Å². The van der Waals surface area contributed by atoms with Gasteiger partial charge in [0.25, 0.3) is 0 Å². The summed E-state index contributed by atoms with van der Waals surface area (Å²) in [6.07, 6.45) is 1.52. The van der Waals surface area contributed by atoms with Gasteiger partial charge in [0.2, 0.25) is 5.78 Å². The summed E-state index contributed by atoms with van der Waals surface area (Å²) >= 11 is 0. The van der Waals surface area contributed by atoms with Crippen LogP contribution in [0.1, 0.15) is 52.4 Å². The summed E-state index contributed by atoms with van der Waals surface area (Å²) in [5.41, 5.74) is 0. The topological polar surface area (TPSA) is 68.3 Å². The van der Waals surface area contributed by atoms with Gasteiger partial charge in [-0.25, -0.2) is 0 Å². The Labute approximate surface area is 95.4 Å². The Bertz CT molecular complexity index is 291. The van der Waals surface area contributed by atoms with Crippen molar-refractivity contribution in [1.29, 1.82) is 0 Å². The fourth-order valence-corrected chi connectivity index (χ4v) is 1.27. The quantitative estimate of drug-likeness (QED) is 0.442. The fourth-order valence-electron chi connectivity index (χ4n) is 1.27. The van der Waals surface area contributed by atoms with Crippen molar-refractivity contribution in [1.82, 2.24) is 0 Å². The van der Waals surface area contributed by atoms with E-state index in [-0.39, 0.29) is 30.8 Å². The third kappa shape index (κ3) is 7.04. The van der Waals surface area contributed by atoms with E-state index in [0.717, 1.165) is 0 Å². The van der Waals surface area contributed by atoms with Crippen LogP contribution in [0, 0.1) is 0 Å². The van der Waals surface area contributed by atoms with E-state index in [1.54, 1.807) is 6.92 Å². The van der Waals surface area contributed by atoms with Gasteiger partial charge in [-0.05, 0) is 19.8 Å². The normalized spacial score (nSPS) is 9.88. The molecule has 0 saturated heterocycles. The largest absolute Gasteiger partial charge is 0.300 e. The molecule has 0 aliphatic heterocycles. The molecule has 0 saturated carbocycles. The van der Waals surface area contributed by atoms with Crippen LogP contribution < -0.4 is 0 Å². The number of hydrogen-bond donors (Lipinski definition) is 0. The Balaban J connectivity index is 3.82. The molecular weight excluding hydrogens is 208 g/mol. The maximum absolute atomic E-state index is 11.3. The van der Waals surface area contributed by atoms with Gasteiger partial charge in [-0.1, -0.05) is 6.92 Å². The number of Topliss-reactive ketones (excluding diaryl/α,β-unsaturated/α-hetero) is 4. The lowest BCUT2D eigenvalue weighted by Crippen LogP contribution is -2.17. The molecule has 16 heavy (non-hydrogen) atoms. The maximum Gasteiger partial charge on any atom is 0.205 e. The van der Waals surface area contributed by atoms with Crippen LogP contribution in [0.15, 0.2) is 0 Å². The fraction of sp³-hybridized carbons (Fsp3) is 0.667. The summed E-state index contributed by atoms with van der Waals surface area (Å²) in [6.45, 7) is 3.26. The minimum Gasteiger partial charge on any atom is -0.300 e. The van der Waals surface area contributed by atoms with Crippen molar-refractivity contribution in [3.8, 4) is 0 Å². The molecular formula is C12H18O4. The highest BCUT2D eigenvalue weighted by atomic mass is 16.2. The monoisotopic (exact) mass is 226 g/mol. The van der Waals surface area contributed by atoms with Crippen molar-refractivity contribution in [3.05, 3.63) is 0 Å². The average Bonchev–Trinajstić information content (AvgIpc) is 2.17. The molecule has 0 rings (SSSR count). The zero-order chi connectivity index (χ0) is 12.6. The third-order valence-corrected chi connectivity index (χ3v) is 2.13. The Hall–Kier alpha value is -1.32. The van der Waals surface area contributed by atoms with Crippen molar-refractivity contribution >= 4 is 23.1 Å². The molecule has 0 aromatic rings. The van der Waals surface area contributed by atoms with Gasteiger partial charge >= 0.3 is 0 Å². The molecule has 0 fully saturated rings. The number of hydrogen-bond acceptors (Lipinski definition) is 4. The van der Waals surface area contributed by atoms with Gasteiger partial charge in [-0.3, -0.25) is 14.4 Å². The van der Waals surface area contributed by atoms with Gasteiger partial charge in [-0.2, -0.15) is 0 Å². The van der Waals surface area contributed by atoms with Gasteiger partial charge < -0.3 is 4.79 Å². The number of rotatable bonds is 9. The second-order valence-electron chi connectivity index (χ2n) is 3.87. The van der Waals surface area contributed by atoms with Crippen molar-refractivity contribution in [2.45, 2.75) is 52.4 Å². The lowest BCUT2D eigenvalue weighted by Gasteiger charge is -1.99. The van der Waals surface area contributed by atoms with Crippen LogP contribution in [0.4, 0.5) is 0 Å². The molecule has 0 aliphatic carbocycles. The van der Waals surface area contributed by atoms with E-state index in [1.807, 2.05) is 0 Å². The predicted molar refractivity (Wildman–Crippen MR) is 59.1 cm³/mol. The Kier molecular flexibility index (Phi) is 7.25. The van der Waals surface area contributed by atoms with Crippen LogP contribution in [0.2, 0.25) is 0 Å². The molecule has 0 spiro atoms. The molecule has 90 valence electrons. The zero-order valence-corrected chi connectivity index (χ0v) is 9.88. The molecule has 0 amide bonds. The molecule has 0 aromatic heterocycles. The van der Waals surface area contributed by atoms with Gasteiger partial charge in [0.15, 0.2) is 5.78 Å². The van der Waals surface area contributed by atoms with Crippen LogP contribution in [-0.2, 0) is 19.2 Å². The maximum atomic E-state index is 11.3. The lowest BCUT2D eigenvalue weighted by molar-refractivity contribution is -0.138. The van der Waals surface area contributed by atoms with Gasteiger partial charge in [0.05, 0.1) is 6.42 Å². The molecule has 4 nitrogen and oxygen atoms in total. The molecule has 0 heterocycles. The first-order valence-electron chi connectivity index (χ1n) is 5.54. The van der Waals surface area contributed by atoms with E-state index in [4.69, 9.17) is 0 Å². The number of carbonyl (C=O) groups is 4. The summed E-state index contributed by atoms with van der Waals surface area (Å²) in [4.78, 5) is 44.2. The zero-order valence-electron chi connectivity index (χ0n) is 9.88. The molecule has 0 N–H and O–H groups in total. The average molecular weight is 226 g/mol. The summed E-state index contributed by atoms with van der Waals surface area (Å²) < 4.78 is 0. The van der Waals surface area contributed by atoms with Crippen LogP contribution in [0.3, 0.4) is 0 Å². The highest BCUT2D eigenvalue weighted by molar-refractivity contribution is 6.40. The predicted octanol–water partition coefficient (Wildman–Crippen LogP) is 1.64. The smallest absolute Gasteiger partial charge is 0.205 e. The summed E-state index contributed by atoms with van der Waals surface area (Å²) in [5.74, 6) is -1.30. The number of ketones is 4. The SMILES string of the molecule is CCCC(=O)C(=O)CC(=O)CCCC(C)=O. The highest BCUT2D eigenvalue weighted by Gasteiger charge is 2.16. The van der Waals surface area contributed by atoms with Crippen LogP contribution in [0.25, 0.3) is 0 Å². The minimum absolute atomic E-state index is 0.0289. The Morgan fingerprint density at radius 3 is 2.00 bits per heavy atom. The van der Waals surface area contributed by atoms with E-state index < -0.39 is 11.6 Å². The highest BCUT2D eigenvalue weighted by Crippen LogP contribution is 2.02. The minimum atomic E-state index is -0.602. The first-order valence-corrected chi connectivity index (χ1v) is 5.54. The summed E-state index contributed by atoms with van der Waals surface area (Å²) in [7, 11) is 0. The van der Waals surface area contributed by atoms with Gasteiger partial charge in [0.1, 0.15) is 11.6 Å². The van der Waals surface area contributed by atoms with E-state index in [2.05, 4.69) is 0 Å². The van der Waals surface area contributed by atoms with Crippen molar-refractivity contribution in [3.63, 3.8) is 0 Å². The molecule has 0 atom stereocenters. The van der Waals surface area contributed by atoms with E-state index in [0.29, 0.717) is 19.3 Å². The first-order chi connectivity index (χ1) is 7.47. The van der Waals surface area contributed by atoms with Crippen molar-refractivity contribution in [2.75, 3.05) is 0 Å². The molecule has 0 unspecified atom stereocenters. The molecule has 0 aromatic carbocycles. The van der Waals surface area contributed by atoms with Gasteiger partial charge in [0, 0.05) is 19.3 Å². The van der Waals surface area contributed by atoms with Crippen LogP contribution >= 0.6 is 0 Å². The second-order valence-corrected chi connectivity index (χ2v) is 3.87. The Morgan fingerprint density at radius 1 is 0.875 bits per heavy atom. The second kappa shape index (κ2) is 7.91.